The SMILES string of the molecule is O=C(Nc1ccc(OC(F)F)cc1)c1cccc(S(=O)(=O)NCc2cccs2)c1. The van der Waals surface area contributed by atoms with Gasteiger partial charge in [0.15, 0.2) is 0 Å². The molecule has 1 amide bonds. The molecule has 0 unspecified atom stereocenters. The van der Waals surface area contributed by atoms with E-state index < -0.39 is 22.5 Å². The summed E-state index contributed by atoms with van der Waals surface area (Å²) >= 11 is 1.43. The lowest BCUT2D eigenvalue weighted by Gasteiger charge is -2.09. The maximum Gasteiger partial charge on any atom is 0.387 e. The summed E-state index contributed by atoms with van der Waals surface area (Å²) in [4.78, 5) is 13.2. The second kappa shape index (κ2) is 9.12. The van der Waals surface area contributed by atoms with Crippen LogP contribution in [0.1, 0.15) is 15.2 Å². The van der Waals surface area contributed by atoms with Gasteiger partial charge in [-0.2, -0.15) is 8.78 Å². The van der Waals surface area contributed by atoms with Crippen molar-refractivity contribution in [2.75, 3.05) is 5.32 Å². The monoisotopic (exact) mass is 438 g/mol. The molecule has 29 heavy (non-hydrogen) atoms. The van der Waals surface area contributed by atoms with Crippen LogP contribution in [-0.4, -0.2) is 20.9 Å². The largest absolute Gasteiger partial charge is 0.435 e. The van der Waals surface area contributed by atoms with Crippen molar-refractivity contribution in [3.63, 3.8) is 0 Å². The number of benzene rings is 2. The smallest absolute Gasteiger partial charge is 0.387 e. The van der Waals surface area contributed by atoms with E-state index in [-0.39, 0.29) is 22.8 Å². The molecule has 3 aromatic rings. The Balaban J connectivity index is 1.68. The summed E-state index contributed by atoms with van der Waals surface area (Å²) in [6, 6.07) is 14.6. The van der Waals surface area contributed by atoms with E-state index in [2.05, 4.69) is 14.8 Å². The Hall–Kier alpha value is -2.82. The molecule has 0 bridgehead atoms. The van der Waals surface area contributed by atoms with Crippen LogP contribution >= 0.6 is 11.3 Å². The minimum absolute atomic E-state index is 0.0390. The van der Waals surface area contributed by atoms with Crippen molar-refractivity contribution in [1.82, 2.24) is 4.72 Å². The van der Waals surface area contributed by atoms with E-state index in [4.69, 9.17) is 0 Å². The van der Waals surface area contributed by atoms with Crippen LogP contribution in [0.25, 0.3) is 0 Å². The molecule has 10 heteroatoms. The predicted octanol–water partition coefficient (Wildman–Crippen LogP) is 4.08. The second-order valence-electron chi connectivity index (χ2n) is 5.79. The van der Waals surface area contributed by atoms with Crippen LogP contribution in [0.3, 0.4) is 0 Å². The highest BCUT2D eigenvalue weighted by atomic mass is 32.2. The standard InChI is InChI=1S/C19H16F2N2O4S2/c20-19(21)27-15-8-6-14(7-9-15)23-18(24)13-3-1-5-17(11-13)29(25,26)22-12-16-4-2-10-28-16/h1-11,19,22H,12H2,(H,23,24). The molecule has 0 spiro atoms. The number of ether oxygens (including phenoxy) is 1. The topological polar surface area (TPSA) is 84.5 Å². The molecule has 0 radical (unpaired) electrons. The van der Waals surface area contributed by atoms with E-state index in [0.717, 1.165) is 4.88 Å². The Kier molecular flexibility index (Phi) is 6.57. The molecule has 2 aromatic carbocycles. The molecule has 0 aliphatic rings. The highest BCUT2D eigenvalue weighted by Gasteiger charge is 2.16. The minimum Gasteiger partial charge on any atom is -0.435 e. The van der Waals surface area contributed by atoms with E-state index >= 15 is 0 Å². The summed E-state index contributed by atoms with van der Waals surface area (Å²) in [7, 11) is -3.79. The van der Waals surface area contributed by atoms with Gasteiger partial charge in [0.1, 0.15) is 5.75 Å². The van der Waals surface area contributed by atoms with E-state index in [0.29, 0.717) is 5.69 Å². The number of carbonyl (C=O) groups is 1. The maximum absolute atomic E-state index is 12.5. The zero-order chi connectivity index (χ0) is 20.9. The number of halogens is 2. The highest BCUT2D eigenvalue weighted by Crippen LogP contribution is 2.19. The fraction of sp³-hybridized carbons (Fsp3) is 0.105. The van der Waals surface area contributed by atoms with E-state index in [9.17, 15) is 22.0 Å². The lowest BCUT2D eigenvalue weighted by Crippen LogP contribution is -2.23. The zero-order valence-corrected chi connectivity index (χ0v) is 16.5. The van der Waals surface area contributed by atoms with Gasteiger partial charge in [0.25, 0.3) is 5.91 Å². The van der Waals surface area contributed by atoms with Crippen LogP contribution in [0.15, 0.2) is 70.9 Å². The van der Waals surface area contributed by atoms with E-state index in [1.165, 1.54) is 59.9 Å². The van der Waals surface area contributed by atoms with E-state index in [1.54, 1.807) is 0 Å². The maximum atomic E-state index is 12.5. The summed E-state index contributed by atoms with van der Waals surface area (Å²) in [5, 5.41) is 4.42. The van der Waals surface area contributed by atoms with Crippen LogP contribution in [-0.2, 0) is 16.6 Å². The third kappa shape index (κ3) is 5.83. The zero-order valence-electron chi connectivity index (χ0n) is 14.8. The number of nitrogens with one attached hydrogen (secondary N) is 2. The molecule has 0 aliphatic carbocycles. The number of alkyl halides is 2. The molecule has 0 saturated carbocycles. The third-order valence-electron chi connectivity index (χ3n) is 3.76. The third-order valence-corrected chi connectivity index (χ3v) is 6.04. The molecular formula is C19H16F2N2O4S2. The molecule has 0 fully saturated rings. The van der Waals surface area contributed by atoms with Gasteiger partial charge in [0.05, 0.1) is 4.90 Å². The van der Waals surface area contributed by atoms with Gasteiger partial charge in [0, 0.05) is 22.7 Å². The number of carbonyl (C=O) groups excluding carboxylic acids is 1. The first-order valence-electron chi connectivity index (χ1n) is 8.32. The molecule has 1 aromatic heterocycles. The Bertz CT molecular complexity index is 1070. The number of sulfonamides is 1. The number of amides is 1. The number of thiophene rings is 1. The molecule has 3 rings (SSSR count). The van der Waals surface area contributed by atoms with Gasteiger partial charge in [-0.3, -0.25) is 4.79 Å². The number of rotatable bonds is 8. The molecule has 0 saturated heterocycles. The Morgan fingerprint density at radius 3 is 2.48 bits per heavy atom. The van der Waals surface area contributed by atoms with Crippen molar-refractivity contribution in [2.24, 2.45) is 0 Å². The summed E-state index contributed by atoms with van der Waals surface area (Å²) in [6.07, 6.45) is 0. The average Bonchev–Trinajstić information content (AvgIpc) is 3.21. The first kappa shape index (κ1) is 20.9. The summed E-state index contributed by atoms with van der Waals surface area (Å²) in [5.41, 5.74) is 0.484. The first-order chi connectivity index (χ1) is 13.8. The Morgan fingerprint density at radius 2 is 1.83 bits per heavy atom. The van der Waals surface area contributed by atoms with Crippen molar-refractivity contribution < 1.29 is 26.7 Å². The second-order valence-corrected chi connectivity index (χ2v) is 8.59. The lowest BCUT2D eigenvalue weighted by molar-refractivity contribution is -0.0498. The number of hydrogen-bond donors (Lipinski definition) is 2. The quantitative estimate of drug-likeness (QED) is 0.555. The molecule has 1 heterocycles. The molecule has 6 nitrogen and oxygen atoms in total. The van der Waals surface area contributed by atoms with Gasteiger partial charge in [-0.1, -0.05) is 12.1 Å². The summed E-state index contributed by atoms with van der Waals surface area (Å²) < 4.78 is 56.0. The fourth-order valence-electron chi connectivity index (χ4n) is 2.39. The van der Waals surface area contributed by atoms with Gasteiger partial charge >= 0.3 is 6.61 Å². The molecule has 0 atom stereocenters. The first-order valence-corrected chi connectivity index (χ1v) is 10.7. The predicted molar refractivity (Wildman–Crippen MR) is 106 cm³/mol. The lowest BCUT2D eigenvalue weighted by atomic mass is 10.2. The van der Waals surface area contributed by atoms with Gasteiger partial charge in [-0.25, -0.2) is 13.1 Å². The van der Waals surface area contributed by atoms with Crippen LogP contribution in [0.4, 0.5) is 14.5 Å². The normalized spacial score (nSPS) is 11.4. The number of anilines is 1. The summed E-state index contributed by atoms with van der Waals surface area (Å²) in [6.45, 7) is -2.78. The van der Waals surface area contributed by atoms with Crippen LogP contribution in [0.2, 0.25) is 0 Å². The van der Waals surface area contributed by atoms with Gasteiger partial charge in [0.2, 0.25) is 10.0 Å². The van der Waals surface area contributed by atoms with E-state index in [1.807, 2.05) is 17.5 Å². The fourth-order valence-corrected chi connectivity index (χ4v) is 4.18. The van der Waals surface area contributed by atoms with Crippen LogP contribution < -0.4 is 14.8 Å². The molecule has 152 valence electrons. The molecular weight excluding hydrogens is 422 g/mol. The van der Waals surface area contributed by atoms with Crippen molar-refractivity contribution >= 4 is 33.0 Å². The number of hydrogen-bond acceptors (Lipinski definition) is 5. The van der Waals surface area contributed by atoms with Crippen molar-refractivity contribution in [1.29, 1.82) is 0 Å². The average molecular weight is 438 g/mol. The van der Waals surface area contributed by atoms with Crippen molar-refractivity contribution in [2.45, 2.75) is 18.1 Å². The van der Waals surface area contributed by atoms with Gasteiger partial charge in [-0.15, -0.1) is 11.3 Å². The molecule has 0 aliphatic heterocycles. The van der Waals surface area contributed by atoms with Crippen LogP contribution in [0, 0.1) is 0 Å². The Morgan fingerprint density at radius 1 is 1.07 bits per heavy atom. The van der Waals surface area contributed by atoms with Gasteiger partial charge in [-0.05, 0) is 53.9 Å². The van der Waals surface area contributed by atoms with Crippen molar-refractivity contribution in [3.8, 4) is 5.75 Å². The molecule has 2 N–H and O–H groups in total. The van der Waals surface area contributed by atoms with Crippen molar-refractivity contribution in [3.05, 3.63) is 76.5 Å². The highest BCUT2D eigenvalue weighted by molar-refractivity contribution is 7.89. The van der Waals surface area contributed by atoms with Gasteiger partial charge < -0.3 is 10.1 Å². The Labute approximate surface area is 170 Å². The summed E-state index contributed by atoms with van der Waals surface area (Å²) in [5.74, 6) is -0.578. The van der Waals surface area contributed by atoms with Crippen LogP contribution in [0.5, 0.6) is 5.75 Å². The minimum atomic E-state index is -3.79.